The standard InChI is InChI=1S/C25H24N2O4/c1-16-9-11-19-20(14-16)25(30)27(24(19)29)13-5-8-23(28)26-15-21-18-7-4-3-6-17(18)10-12-22(21)31-2/h3-4,6-7,9-12,14H,5,8,13,15H2,1-2H3,(H,26,28). The summed E-state index contributed by atoms with van der Waals surface area (Å²) in [5.74, 6) is 0.00765. The monoisotopic (exact) mass is 416 g/mol. The average molecular weight is 416 g/mol. The lowest BCUT2D eigenvalue weighted by Gasteiger charge is -2.15. The fourth-order valence-electron chi connectivity index (χ4n) is 3.97. The Kier molecular flexibility index (Phi) is 5.71. The molecular formula is C25H24N2O4. The molecule has 1 aliphatic heterocycles. The number of hydrogen-bond donors (Lipinski definition) is 1. The molecule has 0 spiro atoms. The molecule has 3 amide bonds. The zero-order valence-corrected chi connectivity index (χ0v) is 17.6. The fraction of sp³-hybridized carbons (Fsp3) is 0.240. The van der Waals surface area contributed by atoms with E-state index in [0.29, 0.717) is 24.1 Å². The Hall–Kier alpha value is -3.67. The molecule has 1 aliphatic rings. The topological polar surface area (TPSA) is 75.7 Å². The highest BCUT2D eigenvalue weighted by Gasteiger charge is 2.34. The quantitative estimate of drug-likeness (QED) is 0.594. The van der Waals surface area contributed by atoms with Crippen molar-refractivity contribution in [2.75, 3.05) is 13.7 Å². The van der Waals surface area contributed by atoms with Crippen LogP contribution in [-0.4, -0.2) is 36.3 Å². The van der Waals surface area contributed by atoms with Crippen LogP contribution in [0.2, 0.25) is 0 Å². The van der Waals surface area contributed by atoms with Gasteiger partial charge in [0.2, 0.25) is 5.91 Å². The van der Waals surface area contributed by atoms with Crippen LogP contribution in [0.25, 0.3) is 10.8 Å². The first-order chi connectivity index (χ1) is 15.0. The van der Waals surface area contributed by atoms with Gasteiger partial charge < -0.3 is 10.1 Å². The summed E-state index contributed by atoms with van der Waals surface area (Å²) >= 11 is 0. The molecule has 0 saturated carbocycles. The van der Waals surface area contributed by atoms with Crippen LogP contribution in [-0.2, 0) is 11.3 Å². The largest absolute Gasteiger partial charge is 0.496 e. The van der Waals surface area contributed by atoms with E-state index >= 15 is 0 Å². The Morgan fingerprint density at radius 2 is 1.77 bits per heavy atom. The molecule has 6 nitrogen and oxygen atoms in total. The number of aryl methyl sites for hydroxylation is 1. The van der Waals surface area contributed by atoms with Gasteiger partial charge in [-0.05, 0) is 42.3 Å². The van der Waals surface area contributed by atoms with E-state index in [0.717, 1.165) is 27.6 Å². The van der Waals surface area contributed by atoms with Crippen LogP contribution >= 0.6 is 0 Å². The molecule has 158 valence electrons. The number of benzene rings is 3. The minimum atomic E-state index is -0.291. The number of imide groups is 1. The highest BCUT2D eigenvalue weighted by molar-refractivity contribution is 6.21. The van der Waals surface area contributed by atoms with Crippen molar-refractivity contribution in [2.45, 2.75) is 26.3 Å². The molecule has 4 rings (SSSR count). The van der Waals surface area contributed by atoms with E-state index in [4.69, 9.17) is 4.74 Å². The van der Waals surface area contributed by atoms with Crippen LogP contribution in [0.5, 0.6) is 5.75 Å². The van der Waals surface area contributed by atoms with Crippen LogP contribution in [0.3, 0.4) is 0 Å². The van der Waals surface area contributed by atoms with Gasteiger partial charge in [0.25, 0.3) is 11.8 Å². The Labute approximate surface area is 180 Å². The van der Waals surface area contributed by atoms with Crippen LogP contribution < -0.4 is 10.1 Å². The van der Waals surface area contributed by atoms with Crippen molar-refractivity contribution in [2.24, 2.45) is 0 Å². The fourth-order valence-corrected chi connectivity index (χ4v) is 3.97. The van der Waals surface area contributed by atoms with Crippen molar-refractivity contribution in [3.63, 3.8) is 0 Å². The number of amides is 3. The van der Waals surface area contributed by atoms with Gasteiger partial charge in [0, 0.05) is 25.1 Å². The molecule has 0 unspecified atom stereocenters. The third kappa shape index (κ3) is 4.01. The maximum atomic E-state index is 12.5. The third-order valence-electron chi connectivity index (χ3n) is 5.59. The maximum absolute atomic E-state index is 12.5. The number of fused-ring (bicyclic) bond motifs is 2. The van der Waals surface area contributed by atoms with Gasteiger partial charge in [-0.1, -0.05) is 42.0 Å². The molecule has 0 bridgehead atoms. The zero-order chi connectivity index (χ0) is 22.0. The number of ether oxygens (including phenoxy) is 1. The molecule has 0 saturated heterocycles. The number of methoxy groups -OCH3 is 1. The second-order valence-corrected chi connectivity index (χ2v) is 7.66. The van der Waals surface area contributed by atoms with Gasteiger partial charge in [0.1, 0.15) is 5.75 Å². The maximum Gasteiger partial charge on any atom is 0.261 e. The van der Waals surface area contributed by atoms with Crippen LogP contribution in [0, 0.1) is 6.92 Å². The molecule has 31 heavy (non-hydrogen) atoms. The van der Waals surface area contributed by atoms with E-state index in [1.54, 1.807) is 19.2 Å². The Morgan fingerprint density at radius 3 is 2.58 bits per heavy atom. The van der Waals surface area contributed by atoms with E-state index in [-0.39, 0.29) is 30.7 Å². The third-order valence-corrected chi connectivity index (χ3v) is 5.59. The molecule has 0 aromatic heterocycles. The molecule has 3 aromatic rings. The highest BCUT2D eigenvalue weighted by atomic mass is 16.5. The number of hydrogen-bond acceptors (Lipinski definition) is 4. The van der Waals surface area contributed by atoms with Gasteiger partial charge >= 0.3 is 0 Å². The van der Waals surface area contributed by atoms with Gasteiger partial charge in [0.15, 0.2) is 0 Å². The van der Waals surface area contributed by atoms with Crippen molar-refractivity contribution in [3.05, 3.63) is 76.9 Å². The van der Waals surface area contributed by atoms with Gasteiger partial charge in [-0.2, -0.15) is 0 Å². The minimum absolute atomic E-state index is 0.137. The number of rotatable bonds is 7. The van der Waals surface area contributed by atoms with E-state index in [9.17, 15) is 14.4 Å². The predicted molar refractivity (Wildman–Crippen MR) is 118 cm³/mol. The Balaban J connectivity index is 1.35. The minimum Gasteiger partial charge on any atom is -0.496 e. The molecule has 0 radical (unpaired) electrons. The van der Waals surface area contributed by atoms with Crippen molar-refractivity contribution in [1.29, 1.82) is 0 Å². The summed E-state index contributed by atoms with van der Waals surface area (Å²) in [6.45, 7) is 2.45. The van der Waals surface area contributed by atoms with Gasteiger partial charge in [-0.3, -0.25) is 19.3 Å². The Morgan fingerprint density at radius 1 is 1.00 bits per heavy atom. The Bertz CT molecular complexity index is 1190. The molecule has 3 aromatic carbocycles. The molecule has 1 heterocycles. The number of carbonyl (C=O) groups is 3. The van der Waals surface area contributed by atoms with E-state index in [2.05, 4.69) is 5.32 Å². The molecule has 0 atom stereocenters. The number of carbonyl (C=O) groups excluding carboxylic acids is 3. The predicted octanol–water partition coefficient (Wildman–Crippen LogP) is 3.85. The highest BCUT2D eigenvalue weighted by Crippen LogP contribution is 2.28. The van der Waals surface area contributed by atoms with Gasteiger partial charge in [-0.15, -0.1) is 0 Å². The van der Waals surface area contributed by atoms with Crippen LogP contribution in [0.15, 0.2) is 54.6 Å². The molecule has 6 heteroatoms. The SMILES string of the molecule is COc1ccc2ccccc2c1CNC(=O)CCCN1C(=O)c2ccc(C)cc2C1=O. The van der Waals surface area contributed by atoms with E-state index in [1.807, 2.05) is 49.4 Å². The van der Waals surface area contributed by atoms with Crippen LogP contribution in [0.4, 0.5) is 0 Å². The van der Waals surface area contributed by atoms with Gasteiger partial charge in [-0.25, -0.2) is 0 Å². The van der Waals surface area contributed by atoms with Crippen LogP contribution in [0.1, 0.15) is 44.7 Å². The summed E-state index contributed by atoms with van der Waals surface area (Å²) in [7, 11) is 1.61. The first-order valence-corrected chi connectivity index (χ1v) is 10.3. The second-order valence-electron chi connectivity index (χ2n) is 7.66. The van der Waals surface area contributed by atoms with E-state index in [1.165, 1.54) is 4.90 Å². The number of nitrogens with one attached hydrogen (secondary N) is 1. The molecule has 1 N–H and O–H groups in total. The summed E-state index contributed by atoms with van der Waals surface area (Å²) in [4.78, 5) is 38.7. The molecular weight excluding hydrogens is 392 g/mol. The lowest BCUT2D eigenvalue weighted by atomic mass is 10.0. The lowest BCUT2D eigenvalue weighted by molar-refractivity contribution is -0.121. The van der Waals surface area contributed by atoms with E-state index < -0.39 is 0 Å². The van der Waals surface area contributed by atoms with Crippen molar-refractivity contribution in [3.8, 4) is 5.75 Å². The molecule has 0 fully saturated rings. The van der Waals surface area contributed by atoms with Crippen molar-refractivity contribution < 1.29 is 19.1 Å². The smallest absolute Gasteiger partial charge is 0.261 e. The number of nitrogens with zero attached hydrogens (tertiary/aromatic N) is 1. The summed E-state index contributed by atoms with van der Waals surface area (Å²) < 4.78 is 5.46. The summed E-state index contributed by atoms with van der Waals surface area (Å²) in [5.41, 5.74) is 2.73. The zero-order valence-electron chi connectivity index (χ0n) is 17.6. The summed E-state index contributed by atoms with van der Waals surface area (Å²) in [6, 6.07) is 17.1. The first kappa shape index (κ1) is 20.6. The normalized spacial score (nSPS) is 12.9. The summed E-state index contributed by atoms with van der Waals surface area (Å²) in [6.07, 6.45) is 0.627. The molecule has 0 aliphatic carbocycles. The summed E-state index contributed by atoms with van der Waals surface area (Å²) in [5, 5.41) is 5.04. The average Bonchev–Trinajstić information content (AvgIpc) is 3.01. The van der Waals surface area contributed by atoms with Crippen molar-refractivity contribution in [1.82, 2.24) is 10.2 Å². The lowest BCUT2D eigenvalue weighted by Crippen LogP contribution is -2.32. The second kappa shape index (κ2) is 8.60. The first-order valence-electron chi connectivity index (χ1n) is 10.3. The van der Waals surface area contributed by atoms with Crippen molar-refractivity contribution >= 4 is 28.5 Å². The van der Waals surface area contributed by atoms with Gasteiger partial charge in [0.05, 0.1) is 18.2 Å².